The first-order chi connectivity index (χ1) is 4.70. The molecule has 0 aromatic carbocycles. The fraction of sp³-hybridized carbons (Fsp3) is 0.333. The van der Waals surface area contributed by atoms with Gasteiger partial charge in [-0.1, -0.05) is 0 Å². The summed E-state index contributed by atoms with van der Waals surface area (Å²) in [6, 6.07) is 0. The summed E-state index contributed by atoms with van der Waals surface area (Å²) >= 11 is 0. The van der Waals surface area contributed by atoms with Gasteiger partial charge in [0.2, 0.25) is 11.8 Å². The maximum Gasteiger partial charge on any atom is 0.243 e. The summed E-state index contributed by atoms with van der Waals surface area (Å²) in [6.07, 6.45) is 2.33. The maximum atomic E-state index is 10.5. The van der Waals surface area contributed by atoms with Crippen LogP contribution in [0.2, 0.25) is 0 Å². The summed E-state index contributed by atoms with van der Waals surface area (Å²) in [5.41, 5.74) is 0. The van der Waals surface area contributed by atoms with Crippen molar-refractivity contribution in [2.24, 2.45) is 0 Å². The molecule has 0 spiro atoms. The van der Waals surface area contributed by atoms with Crippen LogP contribution in [0.5, 0.6) is 0 Å². The van der Waals surface area contributed by atoms with E-state index in [4.69, 9.17) is 0 Å². The van der Waals surface area contributed by atoms with Gasteiger partial charge >= 0.3 is 0 Å². The molecule has 0 aliphatic heterocycles. The highest BCUT2D eigenvalue weighted by atomic mass is 16.2. The SMILES string of the molecule is CNC(=O)C=CC(=O)NC. The molecule has 10 heavy (non-hydrogen) atoms. The molecule has 0 bridgehead atoms. The molecule has 0 atom stereocenters. The van der Waals surface area contributed by atoms with E-state index in [1.807, 2.05) is 0 Å². The fourth-order valence-corrected chi connectivity index (χ4v) is 0.318. The van der Waals surface area contributed by atoms with Crippen molar-refractivity contribution in [2.45, 2.75) is 0 Å². The minimum Gasteiger partial charge on any atom is -0.356 e. The average molecular weight is 142 g/mol. The van der Waals surface area contributed by atoms with Gasteiger partial charge in [0.15, 0.2) is 0 Å². The van der Waals surface area contributed by atoms with Crippen LogP contribution in [-0.2, 0) is 9.59 Å². The van der Waals surface area contributed by atoms with Crippen LogP contribution in [0.1, 0.15) is 0 Å². The highest BCUT2D eigenvalue weighted by molar-refractivity contribution is 5.96. The number of carbonyl (C=O) groups excluding carboxylic acids is 2. The second-order valence-corrected chi connectivity index (χ2v) is 1.56. The molecule has 2 N–H and O–H groups in total. The van der Waals surface area contributed by atoms with Crippen LogP contribution >= 0.6 is 0 Å². The Morgan fingerprint density at radius 3 is 1.50 bits per heavy atom. The molecular weight excluding hydrogens is 132 g/mol. The van der Waals surface area contributed by atoms with Gasteiger partial charge in [0.1, 0.15) is 0 Å². The third-order valence-corrected chi connectivity index (χ3v) is 0.879. The lowest BCUT2D eigenvalue weighted by molar-refractivity contribution is -0.118. The zero-order valence-corrected chi connectivity index (χ0v) is 5.97. The molecular formula is C6H10N2O2. The van der Waals surface area contributed by atoms with Gasteiger partial charge in [0.25, 0.3) is 0 Å². The number of nitrogens with one attached hydrogen (secondary N) is 2. The Kier molecular flexibility index (Phi) is 3.95. The molecule has 0 saturated heterocycles. The molecule has 56 valence electrons. The number of carbonyl (C=O) groups is 2. The van der Waals surface area contributed by atoms with E-state index < -0.39 is 0 Å². The topological polar surface area (TPSA) is 58.2 Å². The van der Waals surface area contributed by atoms with Crippen molar-refractivity contribution in [1.29, 1.82) is 0 Å². The molecule has 0 saturated carbocycles. The summed E-state index contributed by atoms with van der Waals surface area (Å²) in [4.78, 5) is 20.9. The van der Waals surface area contributed by atoms with Crippen molar-refractivity contribution in [3.63, 3.8) is 0 Å². The maximum absolute atomic E-state index is 10.5. The second kappa shape index (κ2) is 4.55. The van der Waals surface area contributed by atoms with E-state index in [0.29, 0.717) is 0 Å². The van der Waals surface area contributed by atoms with Crippen molar-refractivity contribution in [3.8, 4) is 0 Å². The molecule has 0 aliphatic carbocycles. The molecule has 0 rings (SSSR count). The predicted molar refractivity (Wildman–Crippen MR) is 37.3 cm³/mol. The van der Waals surface area contributed by atoms with Crippen molar-refractivity contribution >= 4 is 11.8 Å². The monoisotopic (exact) mass is 142 g/mol. The molecule has 4 nitrogen and oxygen atoms in total. The summed E-state index contributed by atoms with van der Waals surface area (Å²) in [5, 5.41) is 4.68. The molecule has 0 radical (unpaired) electrons. The highest BCUT2D eigenvalue weighted by Crippen LogP contribution is 1.71. The number of hydrogen-bond acceptors (Lipinski definition) is 2. The van der Waals surface area contributed by atoms with E-state index in [1.54, 1.807) is 0 Å². The van der Waals surface area contributed by atoms with Crippen LogP contribution in [0.3, 0.4) is 0 Å². The second-order valence-electron chi connectivity index (χ2n) is 1.56. The van der Waals surface area contributed by atoms with Gasteiger partial charge in [0.05, 0.1) is 0 Å². The van der Waals surface area contributed by atoms with Crippen LogP contribution in [-0.4, -0.2) is 25.9 Å². The largest absolute Gasteiger partial charge is 0.356 e. The van der Waals surface area contributed by atoms with Gasteiger partial charge < -0.3 is 10.6 Å². The molecule has 2 amide bonds. The predicted octanol–water partition coefficient (Wildman–Crippen LogP) is -0.965. The Hall–Kier alpha value is -1.32. The lowest BCUT2D eigenvalue weighted by atomic mass is 10.4. The summed E-state index contributed by atoms with van der Waals surface area (Å²) in [7, 11) is 2.99. The zero-order chi connectivity index (χ0) is 7.98. The molecule has 0 aliphatic rings. The Morgan fingerprint density at radius 1 is 1.00 bits per heavy atom. The summed E-state index contributed by atoms with van der Waals surface area (Å²) in [5.74, 6) is -0.577. The van der Waals surface area contributed by atoms with Crippen molar-refractivity contribution in [1.82, 2.24) is 10.6 Å². The van der Waals surface area contributed by atoms with Gasteiger partial charge in [-0.2, -0.15) is 0 Å². The van der Waals surface area contributed by atoms with Gasteiger partial charge in [0, 0.05) is 26.2 Å². The average Bonchev–Trinajstić information content (AvgIpc) is 1.99. The van der Waals surface area contributed by atoms with E-state index >= 15 is 0 Å². The Balaban J connectivity index is 3.75. The van der Waals surface area contributed by atoms with E-state index in [0.717, 1.165) is 0 Å². The van der Waals surface area contributed by atoms with Crippen molar-refractivity contribution < 1.29 is 9.59 Å². The van der Waals surface area contributed by atoms with Crippen LogP contribution in [0.4, 0.5) is 0 Å². The third kappa shape index (κ3) is 3.65. The lowest BCUT2D eigenvalue weighted by Crippen LogP contribution is -2.18. The Labute approximate surface area is 59.3 Å². The Morgan fingerprint density at radius 2 is 1.30 bits per heavy atom. The van der Waals surface area contributed by atoms with Crippen LogP contribution in [0, 0.1) is 0 Å². The zero-order valence-electron chi connectivity index (χ0n) is 5.97. The first-order valence-corrected chi connectivity index (χ1v) is 2.82. The summed E-state index contributed by atoms with van der Waals surface area (Å²) in [6.45, 7) is 0. The number of rotatable bonds is 2. The number of hydrogen-bond donors (Lipinski definition) is 2. The first kappa shape index (κ1) is 8.68. The number of likely N-dealkylation sites (N-methyl/N-ethyl adjacent to an activating group) is 2. The van der Waals surface area contributed by atoms with E-state index in [-0.39, 0.29) is 11.8 Å². The third-order valence-electron chi connectivity index (χ3n) is 0.879. The smallest absolute Gasteiger partial charge is 0.243 e. The molecule has 0 unspecified atom stereocenters. The van der Waals surface area contributed by atoms with Gasteiger partial charge in [-0.05, 0) is 0 Å². The van der Waals surface area contributed by atoms with Crippen LogP contribution in [0.25, 0.3) is 0 Å². The van der Waals surface area contributed by atoms with E-state index in [9.17, 15) is 9.59 Å². The standard InChI is InChI=1S/C6H10N2O2/c1-7-5(9)3-4-6(10)8-2/h3-4H,1-2H3,(H,7,9)(H,8,10). The van der Waals surface area contributed by atoms with Crippen molar-refractivity contribution in [2.75, 3.05) is 14.1 Å². The van der Waals surface area contributed by atoms with Crippen LogP contribution in [0.15, 0.2) is 12.2 Å². The highest BCUT2D eigenvalue weighted by Gasteiger charge is 1.90. The van der Waals surface area contributed by atoms with Crippen molar-refractivity contribution in [3.05, 3.63) is 12.2 Å². The Bertz CT molecular complexity index is 145. The molecule has 0 fully saturated rings. The minimum absolute atomic E-state index is 0.288. The molecule has 0 aromatic rings. The summed E-state index contributed by atoms with van der Waals surface area (Å²) < 4.78 is 0. The molecule has 0 heterocycles. The quantitative estimate of drug-likeness (QED) is 0.487. The van der Waals surface area contributed by atoms with E-state index in [1.165, 1.54) is 26.2 Å². The van der Waals surface area contributed by atoms with Gasteiger partial charge in [-0.3, -0.25) is 9.59 Å². The van der Waals surface area contributed by atoms with Gasteiger partial charge in [-0.25, -0.2) is 0 Å². The van der Waals surface area contributed by atoms with E-state index in [2.05, 4.69) is 10.6 Å². The lowest BCUT2D eigenvalue weighted by Gasteiger charge is -1.89. The van der Waals surface area contributed by atoms with Crippen LogP contribution < -0.4 is 10.6 Å². The van der Waals surface area contributed by atoms with Gasteiger partial charge in [-0.15, -0.1) is 0 Å². The molecule has 0 aromatic heterocycles. The number of amides is 2. The fourth-order valence-electron chi connectivity index (χ4n) is 0.318. The minimum atomic E-state index is -0.288. The molecule has 4 heteroatoms. The first-order valence-electron chi connectivity index (χ1n) is 2.82. The normalized spacial score (nSPS) is 9.40.